The minimum absolute atomic E-state index is 0.588. The van der Waals surface area contributed by atoms with Crippen LogP contribution in [-0.2, 0) is 0 Å². The predicted octanol–water partition coefficient (Wildman–Crippen LogP) is 12.0. The van der Waals surface area contributed by atoms with E-state index >= 15 is 0 Å². The van der Waals surface area contributed by atoms with Gasteiger partial charge in [-0.25, -0.2) is 15.0 Å². The summed E-state index contributed by atoms with van der Waals surface area (Å²) >= 11 is 0. The molecule has 7 aromatic carbocycles. The Bertz CT molecular complexity index is 2850. The third-order valence-electron chi connectivity index (χ3n) is 9.39. The standard InChI is InChI=1S/C45H27N3O2/c1-2-10-28(11-3-1)29-20-24-31(25-21-29)43-46-44(48-45(47-43)37-16-9-19-40-41(37)36-13-5-7-18-39(36)49-40)32-26-22-30(23-27-32)33-14-8-15-35-34-12-4-6-17-38(34)50-42(33)35/h1-27H. The fraction of sp³-hybridized carbons (Fsp3) is 0. The summed E-state index contributed by atoms with van der Waals surface area (Å²) in [5, 5.41) is 4.23. The molecule has 0 saturated heterocycles. The smallest absolute Gasteiger partial charge is 0.164 e. The Morgan fingerprint density at radius 1 is 0.300 bits per heavy atom. The molecular formula is C45H27N3O2. The molecule has 50 heavy (non-hydrogen) atoms. The van der Waals surface area contributed by atoms with E-state index in [0.29, 0.717) is 17.5 Å². The monoisotopic (exact) mass is 641 g/mol. The molecule has 0 bridgehead atoms. The molecule has 3 heterocycles. The normalized spacial score (nSPS) is 11.6. The van der Waals surface area contributed by atoms with E-state index in [9.17, 15) is 0 Å². The van der Waals surface area contributed by atoms with E-state index in [1.165, 1.54) is 0 Å². The van der Waals surface area contributed by atoms with Crippen molar-refractivity contribution in [2.24, 2.45) is 0 Å². The lowest BCUT2D eigenvalue weighted by Gasteiger charge is -2.10. The van der Waals surface area contributed by atoms with Crippen LogP contribution in [0.2, 0.25) is 0 Å². The van der Waals surface area contributed by atoms with Gasteiger partial charge in [-0.2, -0.15) is 0 Å². The first-order chi connectivity index (χ1) is 24.8. The Labute approximate surface area is 287 Å². The molecule has 0 aliphatic rings. The highest BCUT2D eigenvalue weighted by molar-refractivity contribution is 6.12. The summed E-state index contributed by atoms with van der Waals surface area (Å²) < 4.78 is 12.6. The van der Waals surface area contributed by atoms with Gasteiger partial charge in [0.25, 0.3) is 0 Å². The predicted molar refractivity (Wildman–Crippen MR) is 202 cm³/mol. The van der Waals surface area contributed by atoms with Gasteiger partial charge in [0.15, 0.2) is 17.5 Å². The Kier molecular flexibility index (Phi) is 6.42. The van der Waals surface area contributed by atoms with Crippen LogP contribution in [0.5, 0.6) is 0 Å². The summed E-state index contributed by atoms with van der Waals surface area (Å²) in [5.74, 6) is 1.78. The number of nitrogens with zero attached hydrogens (tertiary/aromatic N) is 3. The molecule has 0 fully saturated rings. The zero-order chi connectivity index (χ0) is 33.0. The van der Waals surface area contributed by atoms with Gasteiger partial charge in [-0.15, -0.1) is 0 Å². The van der Waals surface area contributed by atoms with Crippen molar-refractivity contribution in [3.63, 3.8) is 0 Å². The molecule has 10 rings (SSSR count). The molecule has 5 heteroatoms. The van der Waals surface area contributed by atoms with Gasteiger partial charge in [-0.3, -0.25) is 0 Å². The number of rotatable bonds is 5. The second-order valence-electron chi connectivity index (χ2n) is 12.4. The van der Waals surface area contributed by atoms with E-state index < -0.39 is 0 Å². The molecule has 10 aromatic rings. The summed E-state index contributed by atoms with van der Waals surface area (Å²) in [6.45, 7) is 0. The van der Waals surface area contributed by atoms with Crippen LogP contribution in [0.4, 0.5) is 0 Å². The minimum Gasteiger partial charge on any atom is -0.456 e. The van der Waals surface area contributed by atoms with Crippen LogP contribution in [0.1, 0.15) is 0 Å². The maximum atomic E-state index is 6.34. The summed E-state index contributed by atoms with van der Waals surface area (Å²) in [6.07, 6.45) is 0. The average Bonchev–Trinajstić information content (AvgIpc) is 3.77. The van der Waals surface area contributed by atoms with Gasteiger partial charge in [-0.1, -0.05) is 146 Å². The number of hydrogen-bond acceptors (Lipinski definition) is 5. The molecule has 234 valence electrons. The highest BCUT2D eigenvalue weighted by Crippen LogP contribution is 2.38. The number of fused-ring (bicyclic) bond motifs is 6. The van der Waals surface area contributed by atoms with Crippen molar-refractivity contribution in [2.75, 3.05) is 0 Å². The Balaban J connectivity index is 1.12. The molecule has 0 aliphatic heterocycles. The molecule has 0 saturated carbocycles. The van der Waals surface area contributed by atoms with Crippen molar-refractivity contribution >= 4 is 43.9 Å². The largest absolute Gasteiger partial charge is 0.456 e. The summed E-state index contributed by atoms with van der Waals surface area (Å²) in [7, 11) is 0. The zero-order valence-electron chi connectivity index (χ0n) is 26.7. The minimum atomic E-state index is 0.588. The van der Waals surface area contributed by atoms with Crippen molar-refractivity contribution in [3.8, 4) is 56.4 Å². The molecule has 5 nitrogen and oxygen atoms in total. The SMILES string of the molecule is c1ccc(-c2ccc(-c3nc(-c4ccc(-c5cccc6c5oc5ccccc56)cc4)nc(-c4cccc5oc6ccccc6c45)n3)cc2)cc1. The first-order valence-corrected chi connectivity index (χ1v) is 16.6. The number of aromatic nitrogens is 3. The van der Waals surface area contributed by atoms with E-state index in [2.05, 4.69) is 109 Å². The maximum Gasteiger partial charge on any atom is 0.164 e. The summed E-state index contributed by atoms with van der Waals surface area (Å²) in [5.41, 5.74) is 10.5. The molecule has 0 radical (unpaired) electrons. The van der Waals surface area contributed by atoms with Gasteiger partial charge in [0.2, 0.25) is 0 Å². The Morgan fingerprint density at radius 2 is 0.800 bits per heavy atom. The second-order valence-corrected chi connectivity index (χ2v) is 12.4. The lowest BCUT2D eigenvalue weighted by molar-refractivity contribution is 0.669. The van der Waals surface area contributed by atoms with E-state index in [1.807, 2.05) is 54.6 Å². The van der Waals surface area contributed by atoms with Gasteiger partial charge in [0.05, 0.1) is 0 Å². The highest BCUT2D eigenvalue weighted by atomic mass is 16.3. The number of furan rings is 2. The lowest BCUT2D eigenvalue weighted by Crippen LogP contribution is -2.00. The fourth-order valence-corrected chi connectivity index (χ4v) is 6.93. The van der Waals surface area contributed by atoms with Crippen molar-refractivity contribution < 1.29 is 8.83 Å². The molecule has 0 N–H and O–H groups in total. The number of benzene rings is 7. The second kappa shape index (κ2) is 11.4. The van der Waals surface area contributed by atoms with Crippen LogP contribution in [0, 0.1) is 0 Å². The van der Waals surface area contributed by atoms with Crippen LogP contribution in [0.25, 0.3) is 100 Å². The number of para-hydroxylation sites is 3. The van der Waals surface area contributed by atoms with Crippen molar-refractivity contribution in [2.45, 2.75) is 0 Å². The third kappa shape index (κ3) is 4.67. The summed E-state index contributed by atoms with van der Waals surface area (Å²) in [4.78, 5) is 15.2. The average molecular weight is 642 g/mol. The molecule has 0 amide bonds. The Morgan fingerprint density at radius 3 is 1.54 bits per heavy atom. The van der Waals surface area contributed by atoms with Gasteiger partial charge in [0.1, 0.15) is 22.3 Å². The first kappa shape index (κ1) is 28.2. The topological polar surface area (TPSA) is 65.0 Å². The van der Waals surface area contributed by atoms with E-state index in [-0.39, 0.29) is 0 Å². The van der Waals surface area contributed by atoms with Crippen LogP contribution in [0.15, 0.2) is 173 Å². The quantitative estimate of drug-likeness (QED) is 0.187. The highest BCUT2D eigenvalue weighted by Gasteiger charge is 2.18. The molecule has 0 unspecified atom stereocenters. The Hall–Kier alpha value is -6.85. The van der Waals surface area contributed by atoms with Crippen LogP contribution >= 0.6 is 0 Å². The first-order valence-electron chi connectivity index (χ1n) is 16.6. The van der Waals surface area contributed by atoms with Crippen molar-refractivity contribution in [3.05, 3.63) is 164 Å². The van der Waals surface area contributed by atoms with Crippen LogP contribution < -0.4 is 0 Å². The van der Waals surface area contributed by atoms with Crippen LogP contribution in [0.3, 0.4) is 0 Å². The molecule has 0 spiro atoms. The number of hydrogen-bond donors (Lipinski definition) is 0. The maximum absolute atomic E-state index is 6.34. The van der Waals surface area contributed by atoms with Gasteiger partial charge >= 0.3 is 0 Å². The summed E-state index contributed by atoms with van der Waals surface area (Å²) in [6, 6.07) is 55.7. The van der Waals surface area contributed by atoms with Gasteiger partial charge in [0, 0.05) is 43.8 Å². The van der Waals surface area contributed by atoms with Gasteiger partial charge in [-0.05, 0) is 34.9 Å². The van der Waals surface area contributed by atoms with Crippen molar-refractivity contribution in [1.29, 1.82) is 0 Å². The van der Waals surface area contributed by atoms with E-state index in [1.54, 1.807) is 0 Å². The van der Waals surface area contributed by atoms with Crippen molar-refractivity contribution in [1.82, 2.24) is 15.0 Å². The zero-order valence-corrected chi connectivity index (χ0v) is 26.7. The van der Waals surface area contributed by atoms with Gasteiger partial charge < -0.3 is 8.83 Å². The lowest BCUT2D eigenvalue weighted by atomic mass is 10.0. The molecule has 3 aromatic heterocycles. The molecule has 0 aliphatic carbocycles. The fourth-order valence-electron chi connectivity index (χ4n) is 6.93. The molecule has 0 atom stereocenters. The van der Waals surface area contributed by atoms with E-state index in [4.69, 9.17) is 23.8 Å². The van der Waals surface area contributed by atoms with E-state index in [0.717, 1.165) is 82.8 Å². The molecular weight excluding hydrogens is 615 g/mol. The third-order valence-corrected chi connectivity index (χ3v) is 9.39. The van der Waals surface area contributed by atoms with Crippen LogP contribution in [-0.4, -0.2) is 15.0 Å².